The maximum atomic E-state index is 12.5. The number of carbonyl (C=O) groups excluding carboxylic acids is 1. The molecule has 0 spiro atoms. The van der Waals surface area contributed by atoms with Gasteiger partial charge in [-0.3, -0.25) is 4.79 Å². The van der Waals surface area contributed by atoms with E-state index in [4.69, 9.17) is 4.74 Å². The van der Waals surface area contributed by atoms with Crippen LogP contribution >= 0.6 is 0 Å². The molecule has 22 heavy (non-hydrogen) atoms. The van der Waals surface area contributed by atoms with Crippen molar-refractivity contribution < 1.29 is 9.53 Å². The first kappa shape index (κ1) is 13.0. The fourth-order valence-corrected chi connectivity index (χ4v) is 3.10. The highest BCUT2D eigenvalue weighted by Gasteiger charge is 2.28. The zero-order chi connectivity index (χ0) is 15.1. The van der Waals surface area contributed by atoms with Crippen molar-refractivity contribution in [3.8, 4) is 5.75 Å². The summed E-state index contributed by atoms with van der Waals surface area (Å²) in [6, 6.07) is 9.78. The van der Waals surface area contributed by atoms with E-state index in [2.05, 4.69) is 10.1 Å². The fraction of sp³-hybridized carbons (Fsp3) is 0.235. The predicted molar refractivity (Wildman–Crippen MR) is 81.4 cm³/mol. The number of aromatic nitrogens is 3. The number of methoxy groups -OCH3 is 1. The van der Waals surface area contributed by atoms with Crippen molar-refractivity contribution in [2.75, 3.05) is 7.11 Å². The molecule has 0 aliphatic heterocycles. The zero-order valence-corrected chi connectivity index (χ0v) is 12.2. The van der Waals surface area contributed by atoms with Gasteiger partial charge in [0.2, 0.25) is 0 Å². The average Bonchev–Trinajstić information content (AvgIpc) is 3.04. The highest BCUT2D eigenvalue weighted by atomic mass is 16.5. The second kappa shape index (κ2) is 4.94. The average molecular weight is 293 g/mol. The molecule has 0 saturated heterocycles. The van der Waals surface area contributed by atoms with E-state index in [1.165, 1.54) is 0 Å². The highest BCUT2D eigenvalue weighted by Crippen LogP contribution is 2.33. The Kier molecular flexibility index (Phi) is 2.92. The number of rotatable bonds is 2. The van der Waals surface area contributed by atoms with Crippen LogP contribution in [0.1, 0.15) is 34.0 Å². The lowest BCUT2D eigenvalue weighted by molar-refractivity contribution is 0.0962. The molecule has 0 radical (unpaired) electrons. The van der Waals surface area contributed by atoms with Crippen LogP contribution in [0.5, 0.6) is 5.75 Å². The van der Waals surface area contributed by atoms with Crippen molar-refractivity contribution in [3.05, 3.63) is 59.5 Å². The van der Waals surface area contributed by atoms with Crippen molar-refractivity contribution in [2.45, 2.75) is 18.8 Å². The van der Waals surface area contributed by atoms with Crippen LogP contribution in [-0.2, 0) is 6.42 Å². The summed E-state index contributed by atoms with van der Waals surface area (Å²) in [5, 5.41) is 4.30. The Labute approximate surface area is 127 Å². The van der Waals surface area contributed by atoms with Gasteiger partial charge in [0.05, 0.1) is 24.6 Å². The van der Waals surface area contributed by atoms with Gasteiger partial charge in [-0.15, -0.1) is 0 Å². The van der Waals surface area contributed by atoms with Crippen molar-refractivity contribution in [1.82, 2.24) is 14.6 Å². The lowest BCUT2D eigenvalue weighted by Gasteiger charge is -2.24. The summed E-state index contributed by atoms with van der Waals surface area (Å²) in [6.45, 7) is 0. The molecule has 0 N–H and O–H groups in total. The first-order valence-corrected chi connectivity index (χ1v) is 7.25. The number of fused-ring (bicyclic) bond motifs is 3. The third-order valence-corrected chi connectivity index (χ3v) is 4.27. The molecular weight excluding hydrogens is 278 g/mol. The van der Waals surface area contributed by atoms with Gasteiger partial charge < -0.3 is 4.74 Å². The maximum absolute atomic E-state index is 12.5. The van der Waals surface area contributed by atoms with Crippen LogP contribution in [0.4, 0.5) is 0 Å². The van der Waals surface area contributed by atoms with Crippen LogP contribution in [0, 0.1) is 0 Å². The second-order valence-corrected chi connectivity index (χ2v) is 5.52. The van der Waals surface area contributed by atoms with Gasteiger partial charge in [0.1, 0.15) is 5.75 Å². The van der Waals surface area contributed by atoms with Crippen molar-refractivity contribution in [2.24, 2.45) is 0 Å². The Balaban J connectivity index is 1.76. The molecule has 2 aromatic heterocycles. The van der Waals surface area contributed by atoms with E-state index in [0.717, 1.165) is 29.1 Å². The van der Waals surface area contributed by atoms with Crippen LogP contribution in [0.2, 0.25) is 0 Å². The van der Waals surface area contributed by atoms with Crippen molar-refractivity contribution in [3.63, 3.8) is 0 Å². The van der Waals surface area contributed by atoms with Gasteiger partial charge in [0.15, 0.2) is 11.4 Å². The Morgan fingerprint density at radius 3 is 2.77 bits per heavy atom. The summed E-state index contributed by atoms with van der Waals surface area (Å²) in [5.74, 6) is 1.12. The van der Waals surface area contributed by atoms with Crippen molar-refractivity contribution >= 4 is 11.4 Å². The van der Waals surface area contributed by atoms with Crippen LogP contribution in [-0.4, -0.2) is 27.5 Å². The number of benzene rings is 1. The third-order valence-electron chi connectivity index (χ3n) is 4.27. The van der Waals surface area contributed by atoms with Crippen LogP contribution in [0.3, 0.4) is 0 Å². The Hall–Kier alpha value is -2.69. The first-order valence-electron chi connectivity index (χ1n) is 7.25. The molecular formula is C17H15N3O2. The van der Waals surface area contributed by atoms with E-state index in [9.17, 15) is 4.79 Å². The van der Waals surface area contributed by atoms with E-state index in [1.807, 2.05) is 30.3 Å². The molecule has 0 bridgehead atoms. The Morgan fingerprint density at radius 2 is 2.00 bits per heavy atom. The van der Waals surface area contributed by atoms with Crippen LogP contribution in [0.15, 0.2) is 42.7 Å². The van der Waals surface area contributed by atoms with Gasteiger partial charge in [-0.05, 0) is 30.0 Å². The molecule has 5 heteroatoms. The summed E-state index contributed by atoms with van der Waals surface area (Å²) < 4.78 is 6.97. The van der Waals surface area contributed by atoms with Gasteiger partial charge in [-0.2, -0.15) is 5.10 Å². The minimum atomic E-state index is 0.131. The number of nitrogens with zero attached hydrogens (tertiary/aromatic N) is 3. The number of carbonyl (C=O) groups is 1. The largest absolute Gasteiger partial charge is 0.497 e. The molecule has 2 heterocycles. The first-order chi connectivity index (χ1) is 10.8. The Bertz CT molecular complexity index is 852. The SMILES string of the molecule is COc1ccc(C2CC(=O)c3cnc4ccnn4c3C2)cc1. The van der Waals surface area contributed by atoms with Crippen LogP contribution < -0.4 is 4.74 Å². The van der Waals surface area contributed by atoms with Crippen LogP contribution in [0.25, 0.3) is 5.65 Å². The maximum Gasteiger partial charge on any atom is 0.166 e. The topological polar surface area (TPSA) is 56.5 Å². The molecule has 5 nitrogen and oxygen atoms in total. The summed E-state index contributed by atoms with van der Waals surface area (Å²) >= 11 is 0. The summed E-state index contributed by atoms with van der Waals surface area (Å²) in [5.41, 5.74) is 3.58. The highest BCUT2D eigenvalue weighted by molar-refractivity contribution is 5.98. The fourth-order valence-electron chi connectivity index (χ4n) is 3.10. The number of ketones is 1. The number of ether oxygens (including phenoxy) is 1. The number of Topliss-reactive ketones (excluding diaryl/α,β-unsaturated/α-hetero) is 1. The molecule has 4 rings (SSSR count). The van der Waals surface area contributed by atoms with E-state index >= 15 is 0 Å². The summed E-state index contributed by atoms with van der Waals surface area (Å²) in [7, 11) is 1.65. The molecule has 3 aromatic rings. The molecule has 0 saturated carbocycles. The Morgan fingerprint density at radius 1 is 1.18 bits per heavy atom. The summed E-state index contributed by atoms with van der Waals surface area (Å²) in [4.78, 5) is 16.7. The van der Waals surface area contributed by atoms with Crippen molar-refractivity contribution in [1.29, 1.82) is 0 Å². The lowest BCUT2D eigenvalue weighted by Crippen LogP contribution is -2.22. The van der Waals surface area contributed by atoms with Gasteiger partial charge in [0.25, 0.3) is 0 Å². The molecule has 1 aliphatic carbocycles. The van der Waals surface area contributed by atoms with E-state index in [0.29, 0.717) is 12.0 Å². The van der Waals surface area contributed by atoms with Gasteiger partial charge in [-0.1, -0.05) is 12.1 Å². The minimum Gasteiger partial charge on any atom is -0.497 e. The third kappa shape index (κ3) is 1.97. The molecule has 110 valence electrons. The normalized spacial score (nSPS) is 17.5. The lowest BCUT2D eigenvalue weighted by atomic mass is 9.82. The standard InChI is InChI=1S/C17H15N3O2/c1-22-13-4-2-11(3-5-13)12-8-15-14(16(21)9-12)10-18-17-6-7-19-20(15)17/h2-7,10,12H,8-9H2,1H3. The van der Waals surface area contributed by atoms with Gasteiger partial charge in [-0.25, -0.2) is 9.50 Å². The molecule has 1 atom stereocenters. The van der Waals surface area contributed by atoms with E-state index in [1.54, 1.807) is 24.0 Å². The molecule has 0 fully saturated rings. The zero-order valence-electron chi connectivity index (χ0n) is 12.2. The number of hydrogen-bond donors (Lipinski definition) is 0. The van der Waals surface area contributed by atoms with E-state index in [-0.39, 0.29) is 11.7 Å². The quantitative estimate of drug-likeness (QED) is 0.729. The predicted octanol–water partition coefficient (Wildman–Crippen LogP) is 2.65. The van der Waals surface area contributed by atoms with Gasteiger partial charge in [0, 0.05) is 18.7 Å². The summed E-state index contributed by atoms with van der Waals surface area (Å²) in [6.07, 6.45) is 4.69. The molecule has 1 aromatic carbocycles. The van der Waals surface area contributed by atoms with Gasteiger partial charge >= 0.3 is 0 Å². The molecule has 1 aliphatic rings. The monoisotopic (exact) mass is 293 g/mol. The molecule has 0 amide bonds. The molecule has 1 unspecified atom stereocenters. The smallest absolute Gasteiger partial charge is 0.166 e. The minimum absolute atomic E-state index is 0.131. The van der Waals surface area contributed by atoms with E-state index < -0.39 is 0 Å². The second-order valence-electron chi connectivity index (χ2n) is 5.52. The number of hydrogen-bond acceptors (Lipinski definition) is 4.